The summed E-state index contributed by atoms with van der Waals surface area (Å²) in [6, 6.07) is 10.4. The Kier molecular flexibility index (Phi) is 4.34. The van der Waals surface area contributed by atoms with Gasteiger partial charge in [0.05, 0.1) is 6.21 Å². The molecule has 0 radical (unpaired) electrons. The van der Waals surface area contributed by atoms with E-state index in [1.807, 2.05) is 6.07 Å². The molecule has 1 aliphatic rings. The zero-order valence-corrected chi connectivity index (χ0v) is 12.8. The van der Waals surface area contributed by atoms with E-state index in [1.54, 1.807) is 42.7 Å². The number of amides is 2. The number of rotatable bonds is 3. The molecule has 116 valence electrons. The van der Waals surface area contributed by atoms with Gasteiger partial charge in [-0.05, 0) is 24.3 Å². The van der Waals surface area contributed by atoms with E-state index in [2.05, 4.69) is 10.1 Å². The summed E-state index contributed by atoms with van der Waals surface area (Å²) in [5.41, 5.74) is 1.36. The first kappa shape index (κ1) is 15.2. The first-order valence-corrected chi connectivity index (χ1v) is 7.31. The Hall–Kier alpha value is -2.73. The van der Waals surface area contributed by atoms with Crippen molar-refractivity contribution in [1.29, 1.82) is 0 Å². The molecule has 0 aliphatic carbocycles. The van der Waals surface area contributed by atoms with Gasteiger partial charge in [-0.15, -0.1) is 0 Å². The van der Waals surface area contributed by atoms with E-state index in [0.717, 1.165) is 10.6 Å². The van der Waals surface area contributed by atoms with Crippen molar-refractivity contribution >= 4 is 35.3 Å². The van der Waals surface area contributed by atoms with Crippen LogP contribution in [0.15, 0.2) is 53.9 Å². The van der Waals surface area contributed by atoms with Gasteiger partial charge in [-0.25, -0.2) is 5.01 Å². The van der Waals surface area contributed by atoms with Gasteiger partial charge in [0.2, 0.25) is 5.91 Å². The third-order valence-corrected chi connectivity index (χ3v) is 3.55. The number of hydrogen-bond donors (Lipinski definition) is 0. The number of nitrogens with zero attached hydrogens (tertiary/aromatic N) is 4. The van der Waals surface area contributed by atoms with Gasteiger partial charge in [0.25, 0.3) is 5.91 Å². The molecule has 0 unspecified atom stereocenters. The van der Waals surface area contributed by atoms with Crippen LogP contribution in [-0.4, -0.2) is 41.1 Å². The Bertz CT molecular complexity index is 764. The van der Waals surface area contributed by atoms with Crippen LogP contribution in [0.25, 0.3) is 0 Å². The molecule has 1 fully saturated rings. The van der Waals surface area contributed by atoms with Gasteiger partial charge in [0.1, 0.15) is 13.1 Å². The third-order valence-electron chi connectivity index (χ3n) is 3.32. The predicted molar refractivity (Wildman–Crippen MR) is 87.3 cm³/mol. The van der Waals surface area contributed by atoms with Crippen LogP contribution in [0, 0.1) is 0 Å². The maximum atomic E-state index is 12.3. The second-order valence-corrected chi connectivity index (χ2v) is 5.38. The summed E-state index contributed by atoms with van der Waals surface area (Å²) in [5, 5.41) is 5.75. The fraction of sp³-hybridized carbons (Fsp3) is 0.125. The Labute approximate surface area is 138 Å². The topological polar surface area (TPSA) is 65.9 Å². The summed E-state index contributed by atoms with van der Waals surface area (Å²) < 4.78 is 0. The zero-order valence-electron chi connectivity index (χ0n) is 12.1. The molecule has 0 bridgehead atoms. The Morgan fingerprint density at radius 2 is 2.00 bits per heavy atom. The number of piperazine rings is 1. The Morgan fingerprint density at radius 3 is 2.74 bits per heavy atom. The maximum absolute atomic E-state index is 12.3. The molecule has 3 rings (SSSR count). The van der Waals surface area contributed by atoms with E-state index in [4.69, 9.17) is 11.6 Å². The van der Waals surface area contributed by atoms with Gasteiger partial charge < -0.3 is 4.90 Å². The van der Waals surface area contributed by atoms with Gasteiger partial charge >= 0.3 is 0 Å². The van der Waals surface area contributed by atoms with Crippen LogP contribution in [-0.2, 0) is 9.59 Å². The number of aromatic nitrogens is 1. The molecule has 23 heavy (non-hydrogen) atoms. The van der Waals surface area contributed by atoms with Crippen molar-refractivity contribution in [3.63, 3.8) is 0 Å². The summed E-state index contributed by atoms with van der Waals surface area (Å²) in [4.78, 5) is 29.8. The molecule has 1 aliphatic heterocycles. The molecular formula is C16H13ClN4O2. The highest BCUT2D eigenvalue weighted by Gasteiger charge is 2.30. The second kappa shape index (κ2) is 6.58. The van der Waals surface area contributed by atoms with Crippen LogP contribution in [0.3, 0.4) is 0 Å². The Balaban J connectivity index is 1.74. The number of hydrogen-bond acceptors (Lipinski definition) is 4. The van der Waals surface area contributed by atoms with Crippen molar-refractivity contribution in [1.82, 2.24) is 9.99 Å². The van der Waals surface area contributed by atoms with E-state index in [9.17, 15) is 9.59 Å². The van der Waals surface area contributed by atoms with E-state index in [-0.39, 0.29) is 24.9 Å². The maximum Gasteiger partial charge on any atom is 0.263 e. The normalized spacial score (nSPS) is 15.5. The predicted octanol–water partition coefficient (Wildman–Crippen LogP) is 1.94. The molecule has 0 N–H and O–H groups in total. The summed E-state index contributed by atoms with van der Waals surface area (Å²) in [5.74, 6) is -0.472. The fourth-order valence-electron chi connectivity index (χ4n) is 2.18. The smallest absolute Gasteiger partial charge is 0.263 e. The van der Waals surface area contributed by atoms with Gasteiger partial charge in [-0.2, -0.15) is 5.10 Å². The number of carbonyl (C=O) groups excluding carboxylic acids is 2. The van der Waals surface area contributed by atoms with Crippen molar-refractivity contribution in [3.05, 3.63) is 59.4 Å². The Morgan fingerprint density at radius 1 is 1.13 bits per heavy atom. The van der Waals surface area contributed by atoms with Crippen LogP contribution in [0.4, 0.5) is 5.69 Å². The van der Waals surface area contributed by atoms with Crippen LogP contribution in [0.1, 0.15) is 5.56 Å². The number of carbonyl (C=O) groups is 2. The van der Waals surface area contributed by atoms with Crippen molar-refractivity contribution in [2.45, 2.75) is 0 Å². The van der Waals surface area contributed by atoms with Gasteiger partial charge in [-0.1, -0.05) is 23.7 Å². The lowest BCUT2D eigenvalue weighted by atomic mass is 10.2. The van der Waals surface area contributed by atoms with Crippen LogP contribution >= 0.6 is 11.6 Å². The van der Waals surface area contributed by atoms with E-state index in [0.29, 0.717) is 10.7 Å². The monoisotopic (exact) mass is 328 g/mol. The molecule has 2 heterocycles. The second-order valence-electron chi connectivity index (χ2n) is 4.94. The quantitative estimate of drug-likeness (QED) is 0.809. The minimum Gasteiger partial charge on any atom is -0.301 e. The molecule has 1 aromatic heterocycles. The molecule has 2 amide bonds. The first-order valence-electron chi connectivity index (χ1n) is 6.94. The van der Waals surface area contributed by atoms with Gasteiger partial charge in [0.15, 0.2) is 0 Å². The molecular weight excluding hydrogens is 316 g/mol. The molecule has 1 aromatic carbocycles. The lowest BCUT2D eigenvalue weighted by Crippen LogP contribution is -2.52. The standard InChI is InChI=1S/C16H13ClN4O2/c17-13-4-1-5-14(7-13)20-10-16(23)21(11-15(20)22)19-9-12-3-2-6-18-8-12/h1-9H,10-11H2. The minimum atomic E-state index is -0.260. The highest BCUT2D eigenvalue weighted by Crippen LogP contribution is 2.21. The average molecular weight is 329 g/mol. The lowest BCUT2D eigenvalue weighted by molar-refractivity contribution is -0.138. The average Bonchev–Trinajstić information content (AvgIpc) is 2.56. The number of halogens is 1. The molecule has 0 saturated carbocycles. The molecule has 7 heteroatoms. The first-order chi connectivity index (χ1) is 11.1. The van der Waals surface area contributed by atoms with Gasteiger partial charge in [-0.3, -0.25) is 14.6 Å². The number of pyridine rings is 1. The van der Waals surface area contributed by atoms with Crippen molar-refractivity contribution in [2.24, 2.45) is 5.10 Å². The van der Waals surface area contributed by atoms with Crippen molar-refractivity contribution < 1.29 is 9.59 Å². The van der Waals surface area contributed by atoms with E-state index >= 15 is 0 Å². The molecule has 2 aromatic rings. The minimum absolute atomic E-state index is 0.0659. The summed E-state index contributed by atoms with van der Waals surface area (Å²) in [6.45, 7) is -0.175. The molecule has 0 spiro atoms. The number of benzene rings is 1. The number of hydrazone groups is 1. The summed E-state index contributed by atoms with van der Waals surface area (Å²) in [6.07, 6.45) is 4.78. The highest BCUT2D eigenvalue weighted by molar-refractivity contribution is 6.31. The lowest BCUT2D eigenvalue weighted by Gasteiger charge is -2.31. The zero-order chi connectivity index (χ0) is 16.2. The summed E-state index contributed by atoms with van der Waals surface area (Å²) >= 11 is 5.93. The SMILES string of the molecule is O=C1CN(c2cccc(Cl)c2)C(=O)CN1N=Cc1cccnc1. The fourth-order valence-corrected chi connectivity index (χ4v) is 2.36. The van der Waals surface area contributed by atoms with Crippen molar-refractivity contribution in [3.8, 4) is 0 Å². The highest BCUT2D eigenvalue weighted by atomic mass is 35.5. The number of anilines is 1. The van der Waals surface area contributed by atoms with E-state index in [1.165, 1.54) is 11.1 Å². The molecule has 0 atom stereocenters. The molecule has 1 saturated heterocycles. The summed E-state index contributed by atoms with van der Waals surface area (Å²) in [7, 11) is 0. The van der Waals surface area contributed by atoms with E-state index < -0.39 is 0 Å². The largest absolute Gasteiger partial charge is 0.301 e. The van der Waals surface area contributed by atoms with Crippen molar-refractivity contribution in [2.75, 3.05) is 18.0 Å². The van der Waals surface area contributed by atoms with Gasteiger partial charge in [0, 0.05) is 28.7 Å². The van der Waals surface area contributed by atoms with Crippen LogP contribution < -0.4 is 4.90 Å². The molecule has 6 nitrogen and oxygen atoms in total. The van der Waals surface area contributed by atoms with Crippen LogP contribution in [0.2, 0.25) is 5.02 Å². The third kappa shape index (κ3) is 3.54. The van der Waals surface area contributed by atoms with Crippen LogP contribution in [0.5, 0.6) is 0 Å².